The number of hydrogen-bond donors (Lipinski definition) is 3. The van der Waals surface area contributed by atoms with E-state index in [1.54, 1.807) is 14.0 Å². The highest BCUT2D eigenvalue weighted by atomic mass is 32.1. The Bertz CT molecular complexity index is 641. The highest BCUT2D eigenvalue weighted by molar-refractivity contribution is 7.08. The summed E-state index contributed by atoms with van der Waals surface area (Å²) in [6.07, 6.45) is -0.0425. The molecule has 0 aliphatic heterocycles. The van der Waals surface area contributed by atoms with E-state index in [0.29, 0.717) is 5.69 Å². The molecule has 2 aromatic rings. The third-order valence-corrected chi connectivity index (χ3v) is 4.39. The fraction of sp³-hybridized carbons (Fsp3) is 0.353. The van der Waals surface area contributed by atoms with Crippen molar-refractivity contribution in [3.8, 4) is 0 Å². The molecule has 2 amide bonds. The molecule has 2 rings (SSSR count). The number of thiophene rings is 1. The first-order valence-corrected chi connectivity index (χ1v) is 8.29. The van der Waals surface area contributed by atoms with Crippen LogP contribution in [0.25, 0.3) is 0 Å². The van der Waals surface area contributed by atoms with Gasteiger partial charge in [-0.05, 0) is 53.9 Å². The Balaban J connectivity index is 1.92. The van der Waals surface area contributed by atoms with Crippen molar-refractivity contribution < 1.29 is 14.6 Å². The maximum Gasteiger partial charge on any atom is 0.319 e. The molecule has 1 aromatic carbocycles. The predicted molar refractivity (Wildman–Crippen MR) is 92.8 cm³/mol. The second-order valence-corrected chi connectivity index (χ2v) is 6.38. The predicted octanol–water partition coefficient (Wildman–Crippen LogP) is 3.48. The van der Waals surface area contributed by atoms with Gasteiger partial charge in [-0.3, -0.25) is 0 Å². The number of methoxy groups -OCH3 is 1. The average molecular weight is 334 g/mol. The Morgan fingerprint density at radius 3 is 2.87 bits per heavy atom. The second kappa shape index (κ2) is 7.59. The summed E-state index contributed by atoms with van der Waals surface area (Å²) in [6, 6.07) is 8.97. The van der Waals surface area contributed by atoms with E-state index in [0.717, 1.165) is 11.1 Å². The Morgan fingerprint density at radius 1 is 1.43 bits per heavy atom. The number of rotatable bonds is 6. The molecule has 0 saturated heterocycles. The Kier molecular flexibility index (Phi) is 5.76. The zero-order valence-corrected chi connectivity index (χ0v) is 14.3. The van der Waals surface area contributed by atoms with Crippen molar-refractivity contribution >= 4 is 23.1 Å². The lowest BCUT2D eigenvalue weighted by molar-refractivity contribution is 0.0604. The Labute approximate surface area is 140 Å². The number of carbonyl (C=O) groups is 1. The summed E-state index contributed by atoms with van der Waals surface area (Å²) in [5, 5.41) is 19.6. The molecule has 6 heteroatoms. The minimum absolute atomic E-state index is 0.0425. The summed E-state index contributed by atoms with van der Waals surface area (Å²) < 4.78 is 5.27. The van der Waals surface area contributed by atoms with Crippen molar-refractivity contribution in [2.45, 2.75) is 25.6 Å². The number of nitrogens with one attached hydrogen (secondary N) is 2. The molecule has 0 aliphatic carbocycles. The van der Waals surface area contributed by atoms with Crippen molar-refractivity contribution in [3.63, 3.8) is 0 Å². The zero-order chi connectivity index (χ0) is 16.9. The molecule has 0 bridgehead atoms. The van der Waals surface area contributed by atoms with Crippen LogP contribution in [-0.4, -0.2) is 24.8 Å². The minimum Gasteiger partial charge on any atom is -0.384 e. The van der Waals surface area contributed by atoms with Gasteiger partial charge in [0.2, 0.25) is 0 Å². The van der Waals surface area contributed by atoms with E-state index < -0.39 is 5.60 Å². The second-order valence-electron chi connectivity index (χ2n) is 5.60. The van der Waals surface area contributed by atoms with Gasteiger partial charge < -0.3 is 20.5 Å². The minimum atomic E-state index is -1.09. The first-order valence-electron chi connectivity index (χ1n) is 7.35. The first-order chi connectivity index (χ1) is 10.9. The number of aliphatic hydroxyl groups is 1. The lowest BCUT2D eigenvalue weighted by Crippen LogP contribution is -2.40. The van der Waals surface area contributed by atoms with Crippen molar-refractivity contribution in [2.75, 3.05) is 19.0 Å². The maximum absolute atomic E-state index is 12.0. The fourth-order valence-electron chi connectivity index (χ4n) is 2.11. The van der Waals surface area contributed by atoms with Gasteiger partial charge in [0.1, 0.15) is 5.60 Å². The van der Waals surface area contributed by atoms with Gasteiger partial charge in [0.15, 0.2) is 0 Å². The highest BCUT2D eigenvalue weighted by Crippen LogP contribution is 2.22. The van der Waals surface area contributed by atoms with E-state index in [1.807, 2.05) is 48.0 Å². The van der Waals surface area contributed by atoms with E-state index in [1.165, 1.54) is 11.3 Å². The lowest BCUT2D eigenvalue weighted by atomic mass is 9.99. The van der Waals surface area contributed by atoms with E-state index in [9.17, 15) is 9.90 Å². The van der Waals surface area contributed by atoms with Crippen LogP contribution >= 0.6 is 11.3 Å². The zero-order valence-electron chi connectivity index (χ0n) is 13.5. The number of benzene rings is 1. The standard InChI is InChI=1S/C17H22N2O3S/c1-12(22-3)13-5-4-6-15(9-13)19-16(20)18-11-17(2,21)14-7-8-23-10-14/h4-10,12,21H,11H2,1-3H3,(H2,18,19,20)/t12-,17-/m0/s1. The summed E-state index contributed by atoms with van der Waals surface area (Å²) in [5.41, 5.74) is 1.36. The average Bonchev–Trinajstić information content (AvgIpc) is 3.08. The van der Waals surface area contributed by atoms with Gasteiger partial charge in [-0.15, -0.1) is 0 Å². The van der Waals surface area contributed by atoms with E-state index in [-0.39, 0.29) is 18.7 Å². The molecule has 5 nitrogen and oxygen atoms in total. The van der Waals surface area contributed by atoms with Crippen molar-refractivity contribution in [2.24, 2.45) is 0 Å². The third kappa shape index (κ3) is 4.79. The summed E-state index contributed by atoms with van der Waals surface area (Å²) in [7, 11) is 1.64. The van der Waals surface area contributed by atoms with Crippen LogP contribution in [-0.2, 0) is 10.3 Å². The van der Waals surface area contributed by atoms with Gasteiger partial charge in [0.05, 0.1) is 12.6 Å². The molecule has 2 atom stereocenters. The van der Waals surface area contributed by atoms with Crippen LogP contribution in [0.2, 0.25) is 0 Å². The topological polar surface area (TPSA) is 70.6 Å². The molecule has 0 fully saturated rings. The molecule has 3 N–H and O–H groups in total. The number of amides is 2. The molecule has 0 aliphatic rings. The third-order valence-electron chi connectivity index (χ3n) is 3.70. The molecule has 0 spiro atoms. The van der Waals surface area contributed by atoms with Crippen molar-refractivity contribution in [1.82, 2.24) is 5.32 Å². The number of ether oxygens (including phenoxy) is 1. The largest absolute Gasteiger partial charge is 0.384 e. The van der Waals surface area contributed by atoms with Crippen LogP contribution < -0.4 is 10.6 Å². The van der Waals surface area contributed by atoms with Crippen LogP contribution in [0.15, 0.2) is 41.1 Å². The Hall–Kier alpha value is -1.89. The molecule has 0 radical (unpaired) electrons. The molecule has 124 valence electrons. The number of carbonyl (C=O) groups excluding carboxylic acids is 1. The molecular formula is C17H22N2O3S. The molecule has 1 heterocycles. The molecule has 1 aromatic heterocycles. The van der Waals surface area contributed by atoms with Crippen LogP contribution in [0, 0.1) is 0 Å². The Morgan fingerprint density at radius 2 is 2.22 bits per heavy atom. The normalized spacial score (nSPS) is 14.8. The summed E-state index contributed by atoms with van der Waals surface area (Å²) in [6.45, 7) is 3.75. The van der Waals surface area contributed by atoms with Crippen LogP contribution in [0.5, 0.6) is 0 Å². The van der Waals surface area contributed by atoms with E-state index >= 15 is 0 Å². The van der Waals surface area contributed by atoms with Gasteiger partial charge in [0.25, 0.3) is 0 Å². The fourth-order valence-corrected chi connectivity index (χ4v) is 2.89. The van der Waals surface area contributed by atoms with E-state index in [2.05, 4.69) is 10.6 Å². The number of anilines is 1. The van der Waals surface area contributed by atoms with Gasteiger partial charge in [-0.25, -0.2) is 4.79 Å². The maximum atomic E-state index is 12.0. The summed E-state index contributed by atoms with van der Waals surface area (Å²) >= 11 is 1.51. The quantitative estimate of drug-likeness (QED) is 0.757. The number of urea groups is 1. The molecule has 0 saturated carbocycles. The van der Waals surface area contributed by atoms with Gasteiger partial charge in [0, 0.05) is 12.8 Å². The first kappa shape index (κ1) is 17.5. The summed E-state index contributed by atoms with van der Waals surface area (Å²) in [5.74, 6) is 0. The highest BCUT2D eigenvalue weighted by Gasteiger charge is 2.24. The SMILES string of the molecule is CO[C@@H](C)c1cccc(NC(=O)NC[C@](C)(O)c2ccsc2)c1. The van der Waals surface area contributed by atoms with Crippen LogP contribution in [0.4, 0.5) is 10.5 Å². The lowest BCUT2D eigenvalue weighted by Gasteiger charge is -2.23. The van der Waals surface area contributed by atoms with Gasteiger partial charge in [-0.2, -0.15) is 11.3 Å². The van der Waals surface area contributed by atoms with Crippen LogP contribution in [0.3, 0.4) is 0 Å². The number of hydrogen-bond acceptors (Lipinski definition) is 4. The smallest absolute Gasteiger partial charge is 0.319 e. The van der Waals surface area contributed by atoms with E-state index in [4.69, 9.17) is 4.74 Å². The molecule has 0 unspecified atom stereocenters. The monoisotopic (exact) mass is 334 g/mol. The molecule has 23 heavy (non-hydrogen) atoms. The van der Waals surface area contributed by atoms with Gasteiger partial charge in [-0.1, -0.05) is 12.1 Å². The van der Waals surface area contributed by atoms with Crippen molar-refractivity contribution in [1.29, 1.82) is 0 Å². The van der Waals surface area contributed by atoms with Crippen LogP contribution in [0.1, 0.15) is 31.1 Å². The van der Waals surface area contributed by atoms with Gasteiger partial charge >= 0.3 is 6.03 Å². The van der Waals surface area contributed by atoms with Crippen molar-refractivity contribution in [3.05, 3.63) is 52.2 Å². The summed E-state index contributed by atoms with van der Waals surface area (Å²) in [4.78, 5) is 12.0. The molecular weight excluding hydrogens is 312 g/mol.